The summed E-state index contributed by atoms with van der Waals surface area (Å²) >= 11 is 1.50. The Balaban J connectivity index is 1.71. The maximum Gasteiger partial charge on any atom is 0.264 e. The second-order valence-corrected chi connectivity index (χ2v) is 6.60. The fourth-order valence-electron chi connectivity index (χ4n) is 2.68. The summed E-state index contributed by atoms with van der Waals surface area (Å²) in [4.78, 5) is 15.5. The summed E-state index contributed by atoms with van der Waals surface area (Å²) in [6, 6.07) is 9.63. The van der Waals surface area contributed by atoms with Crippen LogP contribution in [0.15, 0.2) is 35.7 Å². The molecule has 1 atom stereocenters. The van der Waals surface area contributed by atoms with Gasteiger partial charge in [0, 0.05) is 6.54 Å². The number of fused-ring (bicyclic) bond motifs is 1. The van der Waals surface area contributed by atoms with E-state index in [9.17, 15) is 4.79 Å². The first kappa shape index (κ1) is 15.9. The minimum Gasteiger partial charge on any atom is -0.486 e. The third-order valence-electron chi connectivity index (χ3n) is 3.83. The van der Waals surface area contributed by atoms with Crippen LogP contribution < -0.4 is 9.47 Å². The average Bonchev–Trinajstić information content (AvgIpc) is 3.00. The summed E-state index contributed by atoms with van der Waals surface area (Å²) in [6.07, 6.45) is 0.779. The molecular formula is C18H21NO3S. The quantitative estimate of drug-likeness (QED) is 0.837. The van der Waals surface area contributed by atoms with Gasteiger partial charge in [-0.25, -0.2) is 0 Å². The van der Waals surface area contributed by atoms with Crippen LogP contribution in [-0.2, 0) is 0 Å². The molecule has 0 fully saturated rings. The second kappa shape index (κ2) is 7.04. The van der Waals surface area contributed by atoms with Crippen LogP contribution in [0.1, 0.15) is 28.6 Å². The highest BCUT2D eigenvalue weighted by molar-refractivity contribution is 7.12. The Labute approximate surface area is 140 Å². The van der Waals surface area contributed by atoms with Crippen LogP contribution >= 0.6 is 11.3 Å². The van der Waals surface area contributed by atoms with Crippen molar-refractivity contribution in [2.45, 2.75) is 26.4 Å². The fourth-order valence-corrected chi connectivity index (χ4v) is 3.57. The summed E-state index contributed by atoms with van der Waals surface area (Å²) < 4.78 is 11.7. The molecule has 3 rings (SSSR count). The molecule has 0 bridgehead atoms. The van der Waals surface area contributed by atoms with E-state index in [0.29, 0.717) is 13.2 Å². The number of hydrogen-bond donors (Lipinski definition) is 0. The Morgan fingerprint density at radius 3 is 2.78 bits per heavy atom. The average molecular weight is 331 g/mol. The molecule has 1 unspecified atom stereocenters. The molecule has 0 aliphatic carbocycles. The first-order chi connectivity index (χ1) is 11.2. The molecule has 0 saturated heterocycles. The first-order valence-electron chi connectivity index (χ1n) is 7.91. The van der Waals surface area contributed by atoms with Crippen molar-refractivity contribution in [1.82, 2.24) is 4.90 Å². The topological polar surface area (TPSA) is 38.8 Å². The van der Waals surface area contributed by atoms with Crippen LogP contribution in [0.25, 0.3) is 0 Å². The van der Waals surface area contributed by atoms with Crippen molar-refractivity contribution >= 4 is 17.2 Å². The number of aryl methyl sites for hydroxylation is 1. The van der Waals surface area contributed by atoms with Gasteiger partial charge in [0.05, 0.1) is 11.4 Å². The lowest BCUT2D eigenvalue weighted by atomic mass is 10.2. The van der Waals surface area contributed by atoms with Crippen molar-refractivity contribution in [1.29, 1.82) is 0 Å². The SMILES string of the molecule is CCCN(CC1COc2ccccc2O1)C(=O)c1sccc1C. The highest BCUT2D eigenvalue weighted by Gasteiger charge is 2.26. The van der Waals surface area contributed by atoms with Crippen LogP contribution in [0.2, 0.25) is 0 Å². The second-order valence-electron chi connectivity index (χ2n) is 5.68. The maximum atomic E-state index is 12.8. The lowest BCUT2D eigenvalue weighted by Gasteiger charge is -2.31. The number of amides is 1. The molecule has 2 heterocycles. The van der Waals surface area contributed by atoms with Gasteiger partial charge in [-0.15, -0.1) is 11.3 Å². The fraction of sp³-hybridized carbons (Fsp3) is 0.389. The van der Waals surface area contributed by atoms with E-state index in [-0.39, 0.29) is 12.0 Å². The number of hydrogen-bond acceptors (Lipinski definition) is 4. The third-order valence-corrected chi connectivity index (χ3v) is 4.83. The Morgan fingerprint density at radius 1 is 1.30 bits per heavy atom. The molecule has 23 heavy (non-hydrogen) atoms. The summed E-state index contributed by atoms with van der Waals surface area (Å²) in [5.74, 6) is 1.60. The lowest BCUT2D eigenvalue weighted by molar-refractivity contribution is 0.0465. The van der Waals surface area contributed by atoms with Crippen LogP contribution in [0.4, 0.5) is 0 Å². The zero-order valence-electron chi connectivity index (χ0n) is 13.5. The molecule has 2 aromatic rings. The van der Waals surface area contributed by atoms with E-state index in [2.05, 4.69) is 6.92 Å². The molecule has 0 radical (unpaired) electrons. The van der Waals surface area contributed by atoms with E-state index in [1.54, 1.807) is 0 Å². The van der Waals surface area contributed by atoms with E-state index in [4.69, 9.17) is 9.47 Å². The number of thiophene rings is 1. The molecule has 4 nitrogen and oxygen atoms in total. The number of para-hydroxylation sites is 2. The molecule has 0 saturated carbocycles. The van der Waals surface area contributed by atoms with E-state index in [1.165, 1.54) is 11.3 Å². The summed E-state index contributed by atoms with van der Waals surface area (Å²) in [7, 11) is 0. The number of carbonyl (C=O) groups excluding carboxylic acids is 1. The van der Waals surface area contributed by atoms with Gasteiger partial charge in [-0.3, -0.25) is 4.79 Å². The number of carbonyl (C=O) groups is 1. The molecule has 0 spiro atoms. The molecule has 5 heteroatoms. The van der Waals surface area contributed by atoms with Crippen LogP contribution in [0, 0.1) is 6.92 Å². The highest BCUT2D eigenvalue weighted by Crippen LogP contribution is 2.31. The first-order valence-corrected chi connectivity index (χ1v) is 8.79. The zero-order valence-corrected chi connectivity index (χ0v) is 14.3. The van der Waals surface area contributed by atoms with Gasteiger partial charge in [-0.1, -0.05) is 19.1 Å². The van der Waals surface area contributed by atoms with Crippen LogP contribution in [0.3, 0.4) is 0 Å². The van der Waals surface area contributed by atoms with Gasteiger partial charge in [0.1, 0.15) is 6.61 Å². The van der Waals surface area contributed by atoms with Crippen molar-refractivity contribution in [3.05, 3.63) is 46.2 Å². The van der Waals surface area contributed by atoms with E-state index in [1.807, 2.05) is 47.5 Å². The Hall–Kier alpha value is -2.01. The number of ether oxygens (including phenoxy) is 2. The largest absolute Gasteiger partial charge is 0.486 e. The summed E-state index contributed by atoms with van der Waals surface area (Å²) in [5, 5.41) is 1.96. The van der Waals surface area contributed by atoms with E-state index < -0.39 is 0 Å². The minimum absolute atomic E-state index is 0.0850. The van der Waals surface area contributed by atoms with Crippen molar-refractivity contribution < 1.29 is 14.3 Å². The van der Waals surface area contributed by atoms with Crippen molar-refractivity contribution in [3.8, 4) is 11.5 Å². The van der Waals surface area contributed by atoms with Gasteiger partial charge < -0.3 is 14.4 Å². The van der Waals surface area contributed by atoms with Gasteiger partial charge in [0.2, 0.25) is 0 Å². The maximum absolute atomic E-state index is 12.8. The summed E-state index contributed by atoms with van der Waals surface area (Å²) in [6.45, 7) is 5.78. The smallest absolute Gasteiger partial charge is 0.264 e. The number of nitrogens with zero attached hydrogens (tertiary/aromatic N) is 1. The van der Waals surface area contributed by atoms with Gasteiger partial charge in [0.15, 0.2) is 17.6 Å². The molecule has 1 aromatic heterocycles. The molecule has 1 aromatic carbocycles. The normalized spacial score (nSPS) is 16.2. The van der Waals surface area contributed by atoms with Gasteiger partial charge >= 0.3 is 0 Å². The van der Waals surface area contributed by atoms with Crippen molar-refractivity contribution in [2.24, 2.45) is 0 Å². The Morgan fingerprint density at radius 2 is 2.09 bits per heavy atom. The highest BCUT2D eigenvalue weighted by atomic mass is 32.1. The lowest BCUT2D eigenvalue weighted by Crippen LogP contribution is -2.44. The number of benzene rings is 1. The number of rotatable bonds is 5. The molecule has 1 aliphatic rings. The van der Waals surface area contributed by atoms with Crippen molar-refractivity contribution in [2.75, 3.05) is 19.7 Å². The molecule has 1 amide bonds. The van der Waals surface area contributed by atoms with Gasteiger partial charge in [-0.05, 0) is 42.5 Å². The molecule has 122 valence electrons. The van der Waals surface area contributed by atoms with Crippen LogP contribution in [-0.4, -0.2) is 36.6 Å². The predicted octanol–water partition coefficient (Wildman–Crippen LogP) is 3.75. The predicted molar refractivity (Wildman–Crippen MR) is 91.6 cm³/mol. The van der Waals surface area contributed by atoms with E-state index in [0.717, 1.165) is 34.9 Å². The Bertz CT molecular complexity index is 682. The van der Waals surface area contributed by atoms with Gasteiger partial charge in [0.25, 0.3) is 5.91 Å². The minimum atomic E-state index is -0.138. The van der Waals surface area contributed by atoms with Gasteiger partial charge in [-0.2, -0.15) is 0 Å². The molecular weight excluding hydrogens is 310 g/mol. The van der Waals surface area contributed by atoms with Crippen molar-refractivity contribution in [3.63, 3.8) is 0 Å². The summed E-state index contributed by atoms with van der Waals surface area (Å²) in [5.41, 5.74) is 1.03. The molecule has 0 N–H and O–H groups in total. The Kier molecular flexibility index (Phi) is 4.86. The van der Waals surface area contributed by atoms with E-state index >= 15 is 0 Å². The standard InChI is InChI=1S/C18H21NO3S/c1-3-9-19(18(20)17-13(2)8-10-23-17)11-14-12-21-15-6-4-5-7-16(15)22-14/h4-8,10,14H,3,9,11-12H2,1-2H3. The van der Waals surface area contributed by atoms with Crippen LogP contribution in [0.5, 0.6) is 11.5 Å². The molecule has 1 aliphatic heterocycles. The monoisotopic (exact) mass is 331 g/mol. The third kappa shape index (κ3) is 3.50. The zero-order chi connectivity index (χ0) is 16.2.